The Morgan fingerprint density at radius 2 is 1.38 bits per heavy atom. The Hall–Kier alpha value is -5.38. The molecule has 0 aliphatic heterocycles. The molecule has 15 nitrogen and oxygen atoms in total. The summed E-state index contributed by atoms with van der Waals surface area (Å²) in [5.41, 5.74) is 9.25. The van der Waals surface area contributed by atoms with E-state index in [9.17, 15) is 19.2 Å². The Morgan fingerprint density at radius 3 is 1.98 bits per heavy atom. The van der Waals surface area contributed by atoms with E-state index in [-0.39, 0.29) is 48.0 Å². The van der Waals surface area contributed by atoms with E-state index in [2.05, 4.69) is 31.2 Å². The summed E-state index contributed by atoms with van der Waals surface area (Å²) in [7, 11) is 5.01. The quantitative estimate of drug-likeness (QED) is 0.0424. The number of anilines is 4. The molecule has 52 heavy (non-hydrogen) atoms. The summed E-state index contributed by atoms with van der Waals surface area (Å²) in [6.45, 7) is 1.57. The molecule has 0 atom stereocenters. The predicted molar refractivity (Wildman–Crippen MR) is 200 cm³/mol. The van der Waals surface area contributed by atoms with Crippen molar-refractivity contribution in [3.63, 3.8) is 0 Å². The number of aromatic amines is 1. The van der Waals surface area contributed by atoms with Crippen LogP contribution in [-0.4, -0.2) is 79.5 Å². The first-order valence-electron chi connectivity index (χ1n) is 16.0. The second-order valence-corrected chi connectivity index (χ2v) is 12.6. The van der Waals surface area contributed by atoms with Gasteiger partial charge in [-0.05, 0) is 48.5 Å². The van der Waals surface area contributed by atoms with Crippen molar-refractivity contribution < 1.29 is 37.0 Å². The lowest BCUT2D eigenvalue weighted by atomic mass is 10.2. The third kappa shape index (κ3) is 9.09. The molecule has 4 heterocycles. The molecule has 0 aliphatic rings. The molecule has 0 bridgehead atoms. The number of nitrogens with one attached hydrogen (secondary N) is 5. The molecule has 0 radical (unpaired) electrons. The first kappa shape index (κ1) is 39.4. The second kappa shape index (κ2) is 17.2. The highest BCUT2D eigenvalue weighted by Gasteiger charge is 2.20. The highest BCUT2D eigenvalue weighted by Crippen LogP contribution is 2.25. The van der Waals surface area contributed by atoms with Gasteiger partial charge in [0.1, 0.15) is 28.6 Å². The third-order valence-corrected chi connectivity index (χ3v) is 8.55. The van der Waals surface area contributed by atoms with Crippen molar-refractivity contribution in [2.75, 3.05) is 52.2 Å². The van der Waals surface area contributed by atoms with Gasteiger partial charge >= 0.3 is 0 Å². The van der Waals surface area contributed by atoms with Crippen LogP contribution >= 0.6 is 23.2 Å². The Labute approximate surface area is 315 Å². The molecule has 9 N–H and O–H groups in total. The molecular weight excluding hydrogens is 733 g/mol. The smallest absolute Gasteiger partial charge is 0.273 e. The number of carbonyl (C=O) groups excluding carboxylic acids is 4. The average Bonchev–Trinajstić information content (AvgIpc) is 3.86. The van der Waals surface area contributed by atoms with Gasteiger partial charge in [-0.25, -0.2) is 0 Å². The number of carbonyl (C=O) groups is 4. The van der Waals surface area contributed by atoms with E-state index >= 15 is 0 Å². The van der Waals surface area contributed by atoms with E-state index in [1.54, 1.807) is 71.5 Å². The third-order valence-electron chi connectivity index (χ3n) is 8.21. The van der Waals surface area contributed by atoms with Gasteiger partial charge in [0.15, 0.2) is 0 Å². The minimum atomic E-state index is -0.448. The maximum absolute atomic E-state index is 13.3. The number of amides is 4. The number of H-pyrrole nitrogens is 1. The van der Waals surface area contributed by atoms with E-state index in [0.29, 0.717) is 59.9 Å². The summed E-state index contributed by atoms with van der Waals surface area (Å²) < 4.78 is 4.71. The number of rotatable bonds is 15. The van der Waals surface area contributed by atoms with E-state index < -0.39 is 11.8 Å². The fraction of sp³-hybridized carbons (Fsp3) is 0.265. The Balaban J connectivity index is 0.00000605. The lowest BCUT2D eigenvalue weighted by Crippen LogP contribution is -3.00. The highest BCUT2D eigenvalue weighted by atomic mass is 35.5. The number of amidine groups is 1. The van der Waals surface area contributed by atoms with Gasteiger partial charge in [-0.1, -0.05) is 0 Å². The summed E-state index contributed by atoms with van der Waals surface area (Å²) in [5.74, 6) is -0.0663. The summed E-state index contributed by atoms with van der Waals surface area (Å²) in [5, 5.41) is 17.5. The van der Waals surface area contributed by atoms with Crippen molar-refractivity contribution in [2.24, 2.45) is 26.9 Å². The summed E-state index contributed by atoms with van der Waals surface area (Å²) >= 11 is 11.9. The summed E-state index contributed by atoms with van der Waals surface area (Å²) in [4.78, 5) is 57.4. The van der Waals surface area contributed by atoms with Crippen LogP contribution < -0.4 is 49.7 Å². The standard InChI is InChI=1S/C34H39Cl2N11O4.ClH/c1-44-18-21(40-31(48)25-15-20-14-23(4-5-24(20)42-25)47(12-9-35)13-10-36)16-27(44)33(50)41-22-17-28(45(2)19-22)34(51)43-30-7-6-26(46(30)3)32(49)39-11-8-29(37)38;/h4-7,14-19,42H,8-13H2,1-3H3,(H3,37,38)(H,39,49)(H,40,48)(H,41,50)(H,43,51);1H. The molecule has 0 saturated carbocycles. The molecule has 0 unspecified atom stereocenters. The fourth-order valence-corrected chi connectivity index (χ4v) is 5.99. The van der Waals surface area contributed by atoms with Gasteiger partial charge in [0.25, 0.3) is 23.6 Å². The molecule has 5 aromatic rings. The maximum atomic E-state index is 13.3. The second-order valence-electron chi connectivity index (χ2n) is 11.9. The Morgan fingerprint density at radius 1 is 0.788 bits per heavy atom. The van der Waals surface area contributed by atoms with E-state index in [1.165, 1.54) is 6.07 Å². The number of hydrogen-bond donors (Lipinski definition) is 7. The van der Waals surface area contributed by atoms with Crippen LogP contribution in [0, 0.1) is 0 Å². The highest BCUT2D eigenvalue weighted by molar-refractivity contribution is 6.18. The van der Waals surface area contributed by atoms with Crippen LogP contribution in [-0.2, 0) is 21.1 Å². The number of fused-ring (bicyclic) bond motifs is 1. The number of aryl methyl sites for hydroxylation is 2. The van der Waals surface area contributed by atoms with Crippen LogP contribution in [0.3, 0.4) is 0 Å². The maximum Gasteiger partial charge on any atom is 0.273 e. The zero-order valence-corrected chi connectivity index (χ0v) is 31.0. The predicted octanol–water partition coefficient (Wildman–Crippen LogP) is -0.535. The normalized spacial score (nSPS) is 10.8. The van der Waals surface area contributed by atoms with Crippen LogP contribution in [0.2, 0.25) is 0 Å². The Kier molecular flexibility index (Phi) is 13.1. The number of alkyl halides is 2. The number of nitrogens with zero attached hydrogens (tertiary/aromatic N) is 4. The van der Waals surface area contributed by atoms with E-state index in [4.69, 9.17) is 34.3 Å². The zero-order valence-electron chi connectivity index (χ0n) is 28.7. The van der Waals surface area contributed by atoms with Crippen LogP contribution in [0.5, 0.6) is 0 Å². The minimum Gasteiger partial charge on any atom is -1.00 e. The summed E-state index contributed by atoms with van der Waals surface area (Å²) in [6.07, 6.45) is 3.58. The van der Waals surface area contributed by atoms with Crippen molar-refractivity contribution in [3.05, 3.63) is 83.7 Å². The number of hydrogen-bond acceptors (Lipinski definition) is 5. The topological polar surface area (TPSA) is 202 Å². The van der Waals surface area contributed by atoms with Crippen molar-refractivity contribution in [1.82, 2.24) is 24.0 Å². The van der Waals surface area contributed by atoms with Gasteiger partial charge in [0.2, 0.25) is 5.84 Å². The average molecular weight is 773 g/mol. The SMILES string of the molecule is Cn1cc(NC(=O)c2cc3cc(N(CCCl)CCCl)ccc3[nH]2)cc1C(=O)Nc1cc(C(=O)Nc2ccc(C(=O)NCCC(N)=[NH2+])n2C)n(C)c1.[Cl-]. The van der Waals surface area contributed by atoms with Gasteiger partial charge < -0.3 is 57.3 Å². The molecule has 1 aromatic carbocycles. The van der Waals surface area contributed by atoms with Crippen LogP contribution in [0.1, 0.15) is 48.4 Å². The number of nitrogens with two attached hydrogens (primary N) is 2. The monoisotopic (exact) mass is 771 g/mol. The zero-order chi connectivity index (χ0) is 36.8. The molecule has 5 rings (SSSR count). The van der Waals surface area contributed by atoms with Crippen LogP contribution in [0.25, 0.3) is 10.9 Å². The van der Waals surface area contributed by atoms with Crippen molar-refractivity contribution in [3.8, 4) is 0 Å². The van der Waals surface area contributed by atoms with Crippen molar-refractivity contribution >= 4 is 86.4 Å². The molecule has 0 saturated heterocycles. The molecule has 4 aromatic heterocycles. The number of halogens is 3. The van der Waals surface area contributed by atoms with Gasteiger partial charge in [-0.2, -0.15) is 0 Å². The van der Waals surface area contributed by atoms with Gasteiger partial charge in [0.05, 0.1) is 17.8 Å². The van der Waals surface area contributed by atoms with Crippen LogP contribution in [0.4, 0.5) is 22.9 Å². The number of benzene rings is 1. The molecule has 4 amide bonds. The minimum absolute atomic E-state index is 0. The fourth-order valence-electron chi connectivity index (χ4n) is 5.58. The first-order chi connectivity index (χ1) is 24.4. The van der Waals surface area contributed by atoms with Crippen molar-refractivity contribution in [2.45, 2.75) is 6.42 Å². The van der Waals surface area contributed by atoms with Gasteiger partial charge in [0, 0.05) is 81.5 Å². The molecular formula is C34H40Cl3N11O4. The Bertz CT molecular complexity index is 2110. The molecule has 0 spiro atoms. The molecule has 276 valence electrons. The summed E-state index contributed by atoms with van der Waals surface area (Å²) in [6, 6.07) is 13.9. The van der Waals surface area contributed by atoms with Gasteiger partial charge in [-0.3, -0.25) is 30.3 Å². The van der Waals surface area contributed by atoms with Gasteiger partial charge in [-0.15, -0.1) is 23.2 Å². The van der Waals surface area contributed by atoms with Crippen LogP contribution in [0.15, 0.2) is 60.9 Å². The molecule has 0 aliphatic carbocycles. The molecule has 0 fully saturated rings. The van der Waals surface area contributed by atoms with Crippen molar-refractivity contribution in [1.29, 1.82) is 0 Å². The van der Waals surface area contributed by atoms with E-state index in [1.807, 2.05) is 18.2 Å². The molecule has 18 heteroatoms. The first-order valence-corrected chi connectivity index (χ1v) is 17.0. The van der Waals surface area contributed by atoms with E-state index in [0.717, 1.165) is 16.6 Å². The largest absolute Gasteiger partial charge is 1.00 e. The lowest BCUT2D eigenvalue weighted by molar-refractivity contribution is -0.117. The number of aromatic nitrogens is 4. The lowest BCUT2D eigenvalue weighted by Gasteiger charge is -2.22.